The van der Waals surface area contributed by atoms with E-state index in [1.807, 2.05) is 48.5 Å². The number of carboxylic acids is 1. The van der Waals surface area contributed by atoms with Gasteiger partial charge in [-0.15, -0.1) is 0 Å². The zero-order valence-corrected chi connectivity index (χ0v) is 29.2. The number of phenolic OH excluding ortho intramolecular Hbond substituents is 1. The Morgan fingerprint density at radius 3 is 1.94 bits per heavy atom. The lowest BCUT2D eigenvalue weighted by molar-refractivity contribution is 0.0697. The molecule has 12 heteroatoms. The number of halogens is 1. The van der Waals surface area contributed by atoms with Crippen LogP contribution in [0.1, 0.15) is 32.9 Å². The number of phenols is 1. The molecule has 0 spiro atoms. The van der Waals surface area contributed by atoms with Crippen molar-refractivity contribution in [2.75, 3.05) is 10.6 Å². The van der Waals surface area contributed by atoms with Crippen LogP contribution in [0.5, 0.6) is 5.75 Å². The van der Waals surface area contributed by atoms with Crippen LogP contribution in [0.4, 0.5) is 11.4 Å². The zero-order chi connectivity index (χ0) is 37.5. The number of nitrogens with zero attached hydrogens (tertiary/aromatic N) is 2. The summed E-state index contributed by atoms with van der Waals surface area (Å²) in [6.07, 6.45) is 0. The highest BCUT2D eigenvalue weighted by Crippen LogP contribution is 2.47. The van der Waals surface area contributed by atoms with E-state index in [-0.39, 0.29) is 70.5 Å². The van der Waals surface area contributed by atoms with Gasteiger partial charge in [0, 0.05) is 40.4 Å². The summed E-state index contributed by atoms with van der Waals surface area (Å²) in [6.45, 7) is -0.491. The molecule has 6 N–H and O–H groups in total. The lowest BCUT2D eigenvalue weighted by Crippen LogP contribution is -2.15. The molecule has 268 valence electrons. The van der Waals surface area contributed by atoms with Crippen molar-refractivity contribution in [2.45, 2.75) is 26.3 Å². The SMILES string of the molecule is O=C(O)c1ccccc1-c1c2ccc(=O)c(CNc3cccc4ccc(CO)nc34)c-2oc2c(CNc3cccc4ccc(CO)nc34)c(O)c(Cl)cc12. The molecule has 0 fully saturated rings. The highest BCUT2D eigenvalue weighted by atomic mass is 35.5. The molecule has 54 heavy (non-hydrogen) atoms. The number of aromatic nitrogens is 2. The molecule has 0 saturated carbocycles. The number of fused-ring (bicyclic) bond motifs is 4. The second-order valence-electron chi connectivity index (χ2n) is 12.7. The third-order valence-electron chi connectivity index (χ3n) is 9.48. The minimum Gasteiger partial charge on any atom is -0.506 e. The van der Waals surface area contributed by atoms with Crippen molar-refractivity contribution in [3.8, 4) is 28.2 Å². The predicted molar refractivity (Wildman–Crippen MR) is 208 cm³/mol. The van der Waals surface area contributed by atoms with Gasteiger partial charge in [-0.2, -0.15) is 0 Å². The fraction of sp³-hybridized carbons (Fsp3) is 0.0952. The lowest BCUT2D eigenvalue weighted by Gasteiger charge is -2.21. The standard InChI is InChI=1S/C42H31ClN4O7/c43-32-17-29-36(26-7-1-2-8-27(26)42(52)53)28-15-16-35(50)30(18-44-33-9-3-5-22-11-13-24(20-48)46-37(22)33)40(28)54-41(29)31(39(32)51)19-45-34-10-4-6-23-12-14-25(21-49)47-38(23)34/h1-17,44-45,48-49,51H,18-21H2,(H,52,53). The summed E-state index contributed by atoms with van der Waals surface area (Å²) in [7, 11) is 0. The van der Waals surface area contributed by atoms with Crippen molar-refractivity contribution in [3.05, 3.63) is 146 Å². The number of para-hydroxylation sites is 2. The molecule has 4 aromatic carbocycles. The number of rotatable bonds is 10. The molecule has 1 aliphatic heterocycles. The van der Waals surface area contributed by atoms with E-state index >= 15 is 0 Å². The van der Waals surface area contributed by atoms with Crippen molar-refractivity contribution < 1.29 is 29.6 Å². The van der Waals surface area contributed by atoms with Crippen LogP contribution in [0.2, 0.25) is 5.02 Å². The normalized spacial score (nSPS) is 11.5. The molecule has 11 nitrogen and oxygen atoms in total. The van der Waals surface area contributed by atoms with Gasteiger partial charge in [0.1, 0.15) is 17.1 Å². The van der Waals surface area contributed by atoms with Gasteiger partial charge in [-0.25, -0.2) is 14.8 Å². The van der Waals surface area contributed by atoms with Gasteiger partial charge in [0.25, 0.3) is 0 Å². The summed E-state index contributed by atoms with van der Waals surface area (Å²) < 4.78 is 6.67. The number of aromatic carboxylic acids is 1. The number of hydrogen-bond donors (Lipinski definition) is 6. The molecule has 0 saturated heterocycles. The van der Waals surface area contributed by atoms with Crippen LogP contribution in [0.25, 0.3) is 55.2 Å². The first-order valence-electron chi connectivity index (χ1n) is 17.0. The molecule has 0 bridgehead atoms. The maximum Gasteiger partial charge on any atom is 0.336 e. The topological polar surface area (TPSA) is 178 Å². The average Bonchev–Trinajstić information content (AvgIpc) is 3.19. The van der Waals surface area contributed by atoms with E-state index in [1.54, 1.807) is 36.4 Å². The number of anilines is 2. The second-order valence-corrected chi connectivity index (χ2v) is 13.1. The number of aromatic hydroxyl groups is 1. The van der Waals surface area contributed by atoms with E-state index in [4.69, 9.17) is 16.0 Å². The molecule has 2 aliphatic rings. The van der Waals surface area contributed by atoms with Crippen molar-refractivity contribution in [1.82, 2.24) is 9.97 Å². The van der Waals surface area contributed by atoms with Gasteiger partial charge >= 0.3 is 5.97 Å². The zero-order valence-electron chi connectivity index (χ0n) is 28.4. The number of aliphatic hydroxyl groups is 2. The number of pyridine rings is 2. The third kappa shape index (κ3) is 6.09. The van der Waals surface area contributed by atoms with Crippen LogP contribution in [0, 0.1) is 0 Å². The molecule has 0 atom stereocenters. The Labute approximate surface area is 312 Å². The quantitative estimate of drug-likeness (QED) is 0.0751. The van der Waals surface area contributed by atoms with Crippen LogP contribution in [0.3, 0.4) is 0 Å². The predicted octanol–water partition coefficient (Wildman–Crippen LogP) is 7.93. The first-order chi connectivity index (χ1) is 26.2. The monoisotopic (exact) mass is 738 g/mol. The highest BCUT2D eigenvalue weighted by Gasteiger charge is 2.27. The summed E-state index contributed by atoms with van der Waals surface area (Å²) >= 11 is 6.71. The summed E-state index contributed by atoms with van der Waals surface area (Å²) in [5, 5.41) is 50.0. The van der Waals surface area contributed by atoms with E-state index in [0.717, 1.165) is 10.8 Å². The van der Waals surface area contributed by atoms with Crippen LogP contribution in [-0.4, -0.2) is 36.4 Å². The van der Waals surface area contributed by atoms with Crippen LogP contribution in [0.15, 0.2) is 112 Å². The summed E-state index contributed by atoms with van der Waals surface area (Å²) in [4.78, 5) is 35.5. The summed E-state index contributed by atoms with van der Waals surface area (Å²) in [6, 6.07) is 29.4. The maximum absolute atomic E-state index is 13.7. The highest BCUT2D eigenvalue weighted by molar-refractivity contribution is 6.33. The number of nitrogens with one attached hydrogen (secondary N) is 2. The molecule has 2 aromatic heterocycles. The first-order valence-corrected chi connectivity index (χ1v) is 17.4. The fourth-order valence-electron chi connectivity index (χ4n) is 6.86. The van der Waals surface area contributed by atoms with Gasteiger partial charge < -0.3 is 35.5 Å². The summed E-state index contributed by atoms with van der Waals surface area (Å²) in [5.74, 6) is -1.23. The Morgan fingerprint density at radius 2 is 1.33 bits per heavy atom. The Balaban J connectivity index is 1.34. The number of carboxylic acid groups (broad SMARTS) is 1. The molecule has 6 aromatic rings. The smallest absolute Gasteiger partial charge is 0.336 e. The van der Waals surface area contributed by atoms with E-state index in [0.29, 0.717) is 55.9 Å². The minimum absolute atomic E-state index is 0.00262. The minimum atomic E-state index is -1.15. The Bertz CT molecular complexity index is 2800. The number of carbonyl (C=O) groups is 1. The van der Waals surface area contributed by atoms with Crippen LogP contribution >= 0.6 is 11.6 Å². The average molecular weight is 739 g/mol. The maximum atomic E-state index is 13.7. The third-order valence-corrected chi connectivity index (χ3v) is 9.77. The molecular formula is C42H31ClN4O7. The van der Waals surface area contributed by atoms with Gasteiger partial charge in [0.2, 0.25) is 0 Å². The van der Waals surface area contributed by atoms with Gasteiger partial charge in [0.05, 0.1) is 68.7 Å². The number of hydrogen-bond acceptors (Lipinski definition) is 10. The molecular weight excluding hydrogens is 708 g/mol. The largest absolute Gasteiger partial charge is 0.506 e. The van der Waals surface area contributed by atoms with Crippen molar-refractivity contribution in [1.29, 1.82) is 0 Å². The van der Waals surface area contributed by atoms with E-state index < -0.39 is 5.97 Å². The van der Waals surface area contributed by atoms with Crippen LogP contribution in [-0.2, 0) is 26.3 Å². The van der Waals surface area contributed by atoms with Gasteiger partial charge in [-0.05, 0) is 54.1 Å². The fourth-order valence-corrected chi connectivity index (χ4v) is 7.08. The molecule has 8 rings (SSSR count). The van der Waals surface area contributed by atoms with Gasteiger partial charge in [-0.1, -0.05) is 66.2 Å². The first kappa shape index (κ1) is 34.6. The lowest BCUT2D eigenvalue weighted by atomic mass is 9.88. The van der Waals surface area contributed by atoms with Gasteiger partial charge in [-0.3, -0.25) is 4.79 Å². The van der Waals surface area contributed by atoms with Crippen molar-refractivity contribution in [2.24, 2.45) is 0 Å². The van der Waals surface area contributed by atoms with Crippen molar-refractivity contribution >= 4 is 61.7 Å². The number of aliphatic hydroxyl groups excluding tert-OH is 2. The summed E-state index contributed by atoms with van der Waals surface area (Å²) in [5.41, 5.74) is 5.07. The second kappa shape index (κ2) is 14.1. The molecule has 0 amide bonds. The molecule has 1 aliphatic carbocycles. The van der Waals surface area contributed by atoms with Crippen molar-refractivity contribution in [3.63, 3.8) is 0 Å². The van der Waals surface area contributed by atoms with E-state index in [2.05, 4.69) is 20.6 Å². The van der Waals surface area contributed by atoms with E-state index in [9.17, 15) is 30.0 Å². The van der Waals surface area contributed by atoms with Crippen LogP contribution < -0.4 is 16.1 Å². The molecule has 0 unspecified atom stereocenters. The Hall–Kier alpha value is -6.53. The van der Waals surface area contributed by atoms with Gasteiger partial charge in [0.15, 0.2) is 5.43 Å². The molecule has 0 radical (unpaired) electrons. The Morgan fingerprint density at radius 1 is 0.722 bits per heavy atom. The Kier molecular flexibility index (Phi) is 9.04. The number of benzene rings is 5. The van der Waals surface area contributed by atoms with E-state index in [1.165, 1.54) is 18.2 Å². The molecule has 3 heterocycles.